The number of aromatic nitrogens is 2. The highest BCUT2D eigenvalue weighted by Crippen LogP contribution is 2.20. The molecule has 154 valence electrons. The van der Waals surface area contributed by atoms with Crippen molar-refractivity contribution >= 4 is 47.6 Å². The van der Waals surface area contributed by atoms with Gasteiger partial charge in [0, 0.05) is 63.0 Å². The van der Waals surface area contributed by atoms with E-state index < -0.39 is 0 Å². The molecule has 0 spiro atoms. The minimum Gasteiger partial charge on any atom is -0.357 e. The highest BCUT2D eigenvalue weighted by Gasteiger charge is 2.18. The number of guanidine groups is 1. The second kappa shape index (κ2) is 12.6. The van der Waals surface area contributed by atoms with Gasteiger partial charge in [-0.2, -0.15) is 11.8 Å². The van der Waals surface area contributed by atoms with Crippen molar-refractivity contribution < 1.29 is 0 Å². The van der Waals surface area contributed by atoms with E-state index in [1.165, 1.54) is 0 Å². The van der Waals surface area contributed by atoms with Gasteiger partial charge in [-0.3, -0.25) is 9.89 Å². The molecule has 2 heterocycles. The zero-order valence-corrected chi connectivity index (χ0v) is 20.1. The van der Waals surface area contributed by atoms with Gasteiger partial charge in [-0.05, 0) is 33.1 Å². The summed E-state index contributed by atoms with van der Waals surface area (Å²) in [6.45, 7) is 14.2. The molecule has 9 heteroatoms. The lowest BCUT2D eigenvalue weighted by molar-refractivity contribution is 0.260. The van der Waals surface area contributed by atoms with Crippen molar-refractivity contribution in [3.63, 3.8) is 0 Å². The van der Waals surface area contributed by atoms with E-state index in [4.69, 9.17) is 4.99 Å². The number of rotatable bonds is 8. The monoisotopic (exact) mass is 507 g/mol. The highest BCUT2D eigenvalue weighted by molar-refractivity contribution is 14.0. The minimum atomic E-state index is 0. The summed E-state index contributed by atoms with van der Waals surface area (Å²) in [6.07, 6.45) is 5.74. The van der Waals surface area contributed by atoms with Gasteiger partial charge in [-0.15, -0.1) is 24.0 Å². The smallest absolute Gasteiger partial charge is 0.225 e. The normalized spacial score (nSPS) is 16.0. The van der Waals surface area contributed by atoms with Crippen LogP contribution < -0.4 is 15.5 Å². The van der Waals surface area contributed by atoms with Gasteiger partial charge < -0.3 is 15.5 Å². The lowest BCUT2D eigenvalue weighted by Crippen LogP contribution is -2.49. The molecule has 1 aromatic heterocycles. The quantitative estimate of drug-likeness (QED) is 0.317. The van der Waals surface area contributed by atoms with Crippen LogP contribution in [0.5, 0.6) is 0 Å². The lowest BCUT2D eigenvalue weighted by Gasteiger charge is -2.34. The summed E-state index contributed by atoms with van der Waals surface area (Å²) in [5, 5.41) is 6.79. The SMILES string of the molecule is CCNC(=NCC(C)(C)SC)NCCN1CCN(c2ncccn2)CC1.I. The molecular formula is C18H34IN7S. The molecule has 0 radical (unpaired) electrons. The number of halogens is 1. The number of thioether (sulfide) groups is 1. The molecule has 0 amide bonds. The van der Waals surface area contributed by atoms with Gasteiger partial charge in [0.25, 0.3) is 0 Å². The summed E-state index contributed by atoms with van der Waals surface area (Å²) < 4.78 is 0.165. The largest absolute Gasteiger partial charge is 0.357 e. The first-order valence-corrected chi connectivity index (χ1v) is 10.6. The summed E-state index contributed by atoms with van der Waals surface area (Å²) in [5.74, 6) is 1.74. The van der Waals surface area contributed by atoms with Crippen LogP contribution in [-0.2, 0) is 0 Å². The van der Waals surface area contributed by atoms with E-state index in [1.54, 1.807) is 12.4 Å². The van der Waals surface area contributed by atoms with Crippen LogP contribution >= 0.6 is 35.7 Å². The summed E-state index contributed by atoms with van der Waals surface area (Å²) >= 11 is 1.85. The van der Waals surface area contributed by atoms with Crippen molar-refractivity contribution in [2.45, 2.75) is 25.5 Å². The minimum absolute atomic E-state index is 0. The van der Waals surface area contributed by atoms with Gasteiger partial charge in [0.15, 0.2) is 5.96 Å². The van der Waals surface area contributed by atoms with Crippen molar-refractivity contribution in [2.24, 2.45) is 4.99 Å². The molecule has 2 N–H and O–H groups in total. The number of nitrogens with one attached hydrogen (secondary N) is 2. The molecule has 7 nitrogen and oxygen atoms in total. The first-order chi connectivity index (χ1) is 12.5. The van der Waals surface area contributed by atoms with Crippen LogP contribution in [0.25, 0.3) is 0 Å². The van der Waals surface area contributed by atoms with Crippen molar-refractivity contribution in [1.82, 2.24) is 25.5 Å². The molecule has 1 fully saturated rings. The van der Waals surface area contributed by atoms with Crippen molar-refractivity contribution in [2.75, 3.05) is 63.5 Å². The zero-order chi connectivity index (χ0) is 18.8. The lowest BCUT2D eigenvalue weighted by atomic mass is 10.2. The summed E-state index contributed by atoms with van der Waals surface area (Å²) in [7, 11) is 0. The van der Waals surface area contributed by atoms with Gasteiger partial charge in [0.2, 0.25) is 5.95 Å². The fourth-order valence-corrected chi connectivity index (χ4v) is 2.83. The third kappa shape index (κ3) is 8.82. The maximum Gasteiger partial charge on any atom is 0.225 e. The molecule has 0 unspecified atom stereocenters. The molecule has 1 aliphatic heterocycles. The maximum atomic E-state index is 4.72. The van der Waals surface area contributed by atoms with Crippen LogP contribution in [0.4, 0.5) is 5.95 Å². The standard InChI is InChI=1S/C18H33N7S.HI/c1-5-19-16(23-15-18(2,3)26-4)20-9-10-24-11-13-25(14-12-24)17-21-7-6-8-22-17;/h6-8H,5,9-15H2,1-4H3,(H2,19,20,23);1H. The molecular weight excluding hydrogens is 473 g/mol. The van der Waals surface area contributed by atoms with E-state index in [-0.39, 0.29) is 28.7 Å². The summed E-state index contributed by atoms with van der Waals surface area (Å²) in [6, 6.07) is 1.86. The molecule has 1 aliphatic rings. The Hall–Kier alpha value is -0.810. The Morgan fingerprint density at radius 1 is 1.19 bits per heavy atom. The average Bonchev–Trinajstić information content (AvgIpc) is 2.67. The number of hydrogen-bond donors (Lipinski definition) is 2. The van der Waals surface area contributed by atoms with E-state index in [9.17, 15) is 0 Å². The fourth-order valence-electron chi connectivity index (χ4n) is 2.63. The predicted octanol–water partition coefficient (Wildman–Crippen LogP) is 1.91. The van der Waals surface area contributed by atoms with Crippen LogP contribution in [0.15, 0.2) is 23.5 Å². The molecule has 1 aromatic rings. The van der Waals surface area contributed by atoms with Gasteiger partial charge in [0.1, 0.15) is 0 Å². The Balaban J connectivity index is 0.00000364. The van der Waals surface area contributed by atoms with Crippen molar-refractivity contribution in [3.05, 3.63) is 18.5 Å². The van der Waals surface area contributed by atoms with Crippen LogP contribution in [0, 0.1) is 0 Å². The molecule has 0 saturated carbocycles. The molecule has 1 saturated heterocycles. The molecule has 27 heavy (non-hydrogen) atoms. The second-order valence-electron chi connectivity index (χ2n) is 6.96. The third-order valence-electron chi connectivity index (χ3n) is 4.44. The molecule has 0 bridgehead atoms. The first kappa shape index (κ1) is 24.2. The highest BCUT2D eigenvalue weighted by atomic mass is 127. The van der Waals surface area contributed by atoms with Crippen molar-refractivity contribution in [3.8, 4) is 0 Å². The Morgan fingerprint density at radius 3 is 2.44 bits per heavy atom. The van der Waals surface area contributed by atoms with E-state index >= 15 is 0 Å². The second-order valence-corrected chi connectivity index (χ2v) is 8.48. The van der Waals surface area contributed by atoms with Crippen LogP contribution in [0.1, 0.15) is 20.8 Å². The average molecular weight is 507 g/mol. The van der Waals surface area contributed by atoms with Gasteiger partial charge in [0.05, 0.1) is 6.54 Å². The summed E-state index contributed by atoms with van der Waals surface area (Å²) in [5.41, 5.74) is 0. The predicted molar refractivity (Wildman–Crippen MR) is 128 cm³/mol. The van der Waals surface area contributed by atoms with E-state index in [0.717, 1.165) is 64.3 Å². The fraction of sp³-hybridized carbons (Fsp3) is 0.722. The van der Waals surface area contributed by atoms with E-state index in [0.29, 0.717) is 0 Å². The van der Waals surface area contributed by atoms with E-state index in [1.807, 2.05) is 17.8 Å². The molecule has 0 aliphatic carbocycles. The van der Waals surface area contributed by atoms with Crippen molar-refractivity contribution in [1.29, 1.82) is 0 Å². The third-order valence-corrected chi connectivity index (χ3v) is 5.68. The van der Waals surface area contributed by atoms with Gasteiger partial charge in [-0.25, -0.2) is 9.97 Å². The Kier molecular flexibility index (Phi) is 11.3. The summed E-state index contributed by atoms with van der Waals surface area (Å²) in [4.78, 5) is 18.1. The van der Waals surface area contributed by atoms with Crippen LogP contribution in [0.3, 0.4) is 0 Å². The Bertz CT molecular complexity index is 548. The van der Waals surface area contributed by atoms with Gasteiger partial charge in [-0.1, -0.05) is 0 Å². The molecule has 0 aromatic carbocycles. The van der Waals surface area contributed by atoms with Gasteiger partial charge >= 0.3 is 0 Å². The maximum absolute atomic E-state index is 4.72. The first-order valence-electron chi connectivity index (χ1n) is 9.35. The topological polar surface area (TPSA) is 68.7 Å². The number of anilines is 1. The Morgan fingerprint density at radius 2 is 1.85 bits per heavy atom. The Labute approximate surface area is 185 Å². The molecule has 0 atom stereocenters. The zero-order valence-electron chi connectivity index (χ0n) is 16.9. The van der Waals surface area contributed by atoms with Crippen LogP contribution in [-0.4, -0.2) is 84.2 Å². The molecule has 2 rings (SSSR count). The number of aliphatic imine (C=N–C) groups is 1. The van der Waals surface area contributed by atoms with Crippen LogP contribution in [0.2, 0.25) is 0 Å². The number of piperazine rings is 1. The number of hydrogen-bond acceptors (Lipinski definition) is 6. The number of nitrogens with zero attached hydrogens (tertiary/aromatic N) is 5. The van der Waals surface area contributed by atoms with E-state index in [2.05, 4.69) is 57.4 Å².